The van der Waals surface area contributed by atoms with Crippen molar-refractivity contribution in [2.24, 2.45) is 5.92 Å². The normalized spacial score (nSPS) is 24.5. The maximum atomic E-state index is 5.71. The molecule has 64 valence electrons. The lowest BCUT2D eigenvalue weighted by molar-refractivity contribution is 0.312. The molecule has 0 aliphatic carbocycles. The molecule has 0 saturated carbocycles. The second kappa shape index (κ2) is 4.81. The summed E-state index contributed by atoms with van der Waals surface area (Å²) in [4.78, 5) is 0. The molecule has 1 atom stereocenters. The van der Waals surface area contributed by atoms with E-state index in [0.717, 1.165) is 12.5 Å². The number of unbranched alkanes of at least 4 members (excludes halogenated alkanes) is 1. The van der Waals surface area contributed by atoms with E-state index in [0.29, 0.717) is 6.92 Å². The Balaban J connectivity index is 1.99. The van der Waals surface area contributed by atoms with Gasteiger partial charge in [0.15, 0.2) is 0 Å². The molecule has 1 saturated heterocycles. The third kappa shape index (κ3) is 3.28. The number of rotatable bonds is 4. The Morgan fingerprint density at radius 2 is 2.36 bits per heavy atom. The van der Waals surface area contributed by atoms with Crippen LogP contribution in [0, 0.1) is 5.92 Å². The Bertz CT molecular complexity index is 106. The van der Waals surface area contributed by atoms with Crippen molar-refractivity contribution < 1.29 is 4.65 Å². The molecule has 0 aromatic heterocycles. The largest absolute Gasteiger partial charge is 0.436 e. The van der Waals surface area contributed by atoms with Gasteiger partial charge in [0.05, 0.1) is 0 Å². The van der Waals surface area contributed by atoms with Crippen molar-refractivity contribution in [3.05, 3.63) is 0 Å². The molecule has 1 aliphatic rings. The highest BCUT2D eigenvalue weighted by molar-refractivity contribution is 6.52. The van der Waals surface area contributed by atoms with Gasteiger partial charge in [-0.05, 0) is 25.0 Å². The zero-order valence-corrected chi connectivity index (χ0v) is 7.81. The van der Waals surface area contributed by atoms with Gasteiger partial charge in [0.1, 0.15) is 0 Å². The molecule has 1 unspecified atom stereocenters. The summed E-state index contributed by atoms with van der Waals surface area (Å²) in [5, 5.41) is 0. The van der Waals surface area contributed by atoms with Crippen LogP contribution in [0.2, 0.25) is 12.6 Å². The SMILES string of the molecule is CCCCOB1CCC(C)C1. The summed E-state index contributed by atoms with van der Waals surface area (Å²) >= 11 is 0. The summed E-state index contributed by atoms with van der Waals surface area (Å²) in [5.41, 5.74) is 0. The molecule has 0 radical (unpaired) electrons. The average Bonchev–Trinajstić information content (AvgIpc) is 2.37. The topological polar surface area (TPSA) is 9.23 Å². The quantitative estimate of drug-likeness (QED) is 0.446. The first-order chi connectivity index (χ1) is 5.33. The predicted octanol–water partition coefficient (Wildman–Crippen LogP) is 2.83. The highest BCUT2D eigenvalue weighted by Gasteiger charge is 2.25. The summed E-state index contributed by atoms with van der Waals surface area (Å²) in [5.74, 6) is 0.904. The maximum Gasteiger partial charge on any atom is 0.293 e. The van der Waals surface area contributed by atoms with E-state index in [1.807, 2.05) is 0 Å². The lowest BCUT2D eigenvalue weighted by Crippen LogP contribution is -2.13. The van der Waals surface area contributed by atoms with Crippen LogP contribution < -0.4 is 0 Å². The Labute approximate surface area is 70.6 Å². The Morgan fingerprint density at radius 1 is 1.55 bits per heavy atom. The van der Waals surface area contributed by atoms with Crippen LogP contribution >= 0.6 is 0 Å². The van der Waals surface area contributed by atoms with Gasteiger partial charge in [-0.1, -0.05) is 26.7 Å². The second-order valence-corrected chi connectivity index (χ2v) is 3.76. The van der Waals surface area contributed by atoms with Crippen molar-refractivity contribution in [1.82, 2.24) is 0 Å². The van der Waals surface area contributed by atoms with E-state index in [1.54, 1.807) is 0 Å². The molecule has 11 heavy (non-hydrogen) atoms. The van der Waals surface area contributed by atoms with E-state index >= 15 is 0 Å². The van der Waals surface area contributed by atoms with E-state index in [9.17, 15) is 0 Å². The van der Waals surface area contributed by atoms with Gasteiger partial charge in [-0.25, -0.2) is 0 Å². The van der Waals surface area contributed by atoms with Crippen LogP contribution in [0.4, 0.5) is 0 Å². The first-order valence-corrected chi connectivity index (χ1v) is 4.94. The van der Waals surface area contributed by atoms with Gasteiger partial charge in [0, 0.05) is 6.61 Å². The van der Waals surface area contributed by atoms with Crippen molar-refractivity contribution in [3.63, 3.8) is 0 Å². The summed E-state index contributed by atoms with van der Waals surface area (Å²) in [6.07, 6.45) is 6.44. The van der Waals surface area contributed by atoms with E-state index in [4.69, 9.17) is 4.65 Å². The number of hydrogen-bond donors (Lipinski definition) is 0. The summed E-state index contributed by atoms with van der Waals surface area (Å²) < 4.78 is 5.71. The smallest absolute Gasteiger partial charge is 0.293 e. The fraction of sp³-hybridized carbons (Fsp3) is 1.00. The van der Waals surface area contributed by atoms with Crippen molar-refractivity contribution >= 4 is 6.92 Å². The Hall–Kier alpha value is 0.0249. The fourth-order valence-corrected chi connectivity index (χ4v) is 1.70. The lowest BCUT2D eigenvalue weighted by Gasteiger charge is -2.06. The van der Waals surface area contributed by atoms with Gasteiger partial charge in [-0.3, -0.25) is 0 Å². The van der Waals surface area contributed by atoms with Crippen LogP contribution in [-0.2, 0) is 4.65 Å². The maximum absolute atomic E-state index is 5.71. The predicted molar refractivity (Wildman–Crippen MR) is 50.0 cm³/mol. The molecule has 2 heteroatoms. The third-order valence-corrected chi connectivity index (χ3v) is 2.50. The van der Waals surface area contributed by atoms with E-state index in [1.165, 1.54) is 31.9 Å². The van der Waals surface area contributed by atoms with E-state index in [-0.39, 0.29) is 0 Å². The van der Waals surface area contributed by atoms with Crippen LogP contribution in [0.25, 0.3) is 0 Å². The van der Waals surface area contributed by atoms with Gasteiger partial charge in [0.2, 0.25) is 0 Å². The standard InChI is InChI=1S/C9H19BO/c1-3-4-7-11-10-6-5-9(2)8-10/h9H,3-8H2,1-2H3. The molecule has 0 amide bonds. The minimum atomic E-state index is 0.594. The molecule has 1 fully saturated rings. The number of hydrogen-bond acceptors (Lipinski definition) is 1. The first kappa shape index (κ1) is 9.12. The minimum absolute atomic E-state index is 0.594. The van der Waals surface area contributed by atoms with Crippen molar-refractivity contribution in [1.29, 1.82) is 0 Å². The van der Waals surface area contributed by atoms with Crippen molar-refractivity contribution in [2.75, 3.05) is 6.61 Å². The molecule has 0 N–H and O–H groups in total. The lowest BCUT2D eigenvalue weighted by atomic mass is 9.66. The van der Waals surface area contributed by atoms with Crippen molar-refractivity contribution in [2.45, 2.75) is 45.8 Å². The van der Waals surface area contributed by atoms with Crippen LogP contribution in [0.1, 0.15) is 33.1 Å². The van der Waals surface area contributed by atoms with Gasteiger partial charge in [-0.2, -0.15) is 0 Å². The molecule has 1 aliphatic heterocycles. The van der Waals surface area contributed by atoms with Gasteiger partial charge in [-0.15, -0.1) is 0 Å². The summed E-state index contributed by atoms with van der Waals surface area (Å²) in [6.45, 7) is 6.11. The second-order valence-electron chi connectivity index (χ2n) is 3.76. The summed E-state index contributed by atoms with van der Waals surface area (Å²) in [6, 6.07) is 0. The van der Waals surface area contributed by atoms with E-state index in [2.05, 4.69) is 13.8 Å². The molecule has 0 aromatic rings. The average molecular weight is 154 g/mol. The minimum Gasteiger partial charge on any atom is -0.436 e. The first-order valence-electron chi connectivity index (χ1n) is 4.94. The van der Waals surface area contributed by atoms with Gasteiger partial charge >= 0.3 is 0 Å². The van der Waals surface area contributed by atoms with Crippen molar-refractivity contribution in [3.8, 4) is 0 Å². The highest BCUT2D eigenvalue weighted by atomic mass is 16.4. The zero-order chi connectivity index (χ0) is 8.10. The van der Waals surface area contributed by atoms with E-state index < -0.39 is 0 Å². The molecule has 0 aromatic carbocycles. The molecular weight excluding hydrogens is 135 g/mol. The van der Waals surface area contributed by atoms with Crippen LogP contribution in [0.5, 0.6) is 0 Å². The molecule has 1 rings (SSSR count). The zero-order valence-electron chi connectivity index (χ0n) is 7.81. The molecular formula is C9H19BO. The Morgan fingerprint density at radius 3 is 2.91 bits per heavy atom. The van der Waals surface area contributed by atoms with Crippen LogP contribution in [0.15, 0.2) is 0 Å². The monoisotopic (exact) mass is 154 g/mol. The molecule has 1 heterocycles. The molecule has 0 spiro atoms. The van der Waals surface area contributed by atoms with Crippen LogP contribution in [-0.4, -0.2) is 13.5 Å². The Kier molecular flexibility index (Phi) is 3.99. The molecule has 1 nitrogen and oxygen atoms in total. The van der Waals surface area contributed by atoms with Crippen LogP contribution in [0.3, 0.4) is 0 Å². The highest BCUT2D eigenvalue weighted by Crippen LogP contribution is 2.26. The fourth-order valence-electron chi connectivity index (χ4n) is 1.70. The third-order valence-electron chi connectivity index (χ3n) is 2.50. The van der Waals surface area contributed by atoms with Gasteiger partial charge < -0.3 is 4.65 Å². The summed E-state index contributed by atoms with van der Waals surface area (Å²) in [7, 11) is 0. The molecule has 0 bridgehead atoms. The van der Waals surface area contributed by atoms with Gasteiger partial charge in [0.25, 0.3) is 6.92 Å².